The number of rotatable bonds is 6. The third kappa shape index (κ3) is 4.43. The van der Waals surface area contributed by atoms with E-state index < -0.39 is 0 Å². The lowest BCUT2D eigenvalue weighted by Gasteiger charge is -2.25. The van der Waals surface area contributed by atoms with Crippen molar-refractivity contribution in [1.29, 1.82) is 0 Å². The van der Waals surface area contributed by atoms with E-state index in [-0.39, 0.29) is 0 Å². The number of ether oxygens (including phenoxy) is 1. The number of aliphatic imine (C=N–C) groups is 1. The van der Waals surface area contributed by atoms with Crippen LogP contribution in [0.3, 0.4) is 0 Å². The van der Waals surface area contributed by atoms with Crippen molar-refractivity contribution in [3.8, 4) is 5.75 Å². The van der Waals surface area contributed by atoms with Gasteiger partial charge in [-0.1, -0.05) is 0 Å². The molecule has 0 amide bonds. The molecule has 0 radical (unpaired) electrons. The second-order valence-corrected chi connectivity index (χ2v) is 5.54. The molecule has 1 atom stereocenters. The van der Waals surface area contributed by atoms with Crippen LogP contribution in [0, 0.1) is 0 Å². The number of nitrogens with one attached hydrogen (secondary N) is 2. The highest BCUT2D eigenvalue weighted by atomic mass is 16.5. The Kier molecular flexibility index (Phi) is 5.60. The molecule has 24 heavy (non-hydrogen) atoms. The molecule has 2 aromatic rings. The zero-order valence-electron chi connectivity index (χ0n) is 13.9. The van der Waals surface area contributed by atoms with Crippen LogP contribution in [0.5, 0.6) is 5.75 Å². The van der Waals surface area contributed by atoms with E-state index in [4.69, 9.17) is 4.74 Å². The van der Waals surface area contributed by atoms with Crippen LogP contribution in [-0.4, -0.2) is 51.4 Å². The molecule has 1 unspecified atom stereocenters. The maximum atomic E-state index is 5.61. The first kappa shape index (κ1) is 16.2. The highest BCUT2D eigenvalue weighted by Crippen LogP contribution is 2.11. The Labute approximate surface area is 141 Å². The Bertz CT molecular complexity index is 655. The van der Waals surface area contributed by atoms with Gasteiger partial charge in [0.1, 0.15) is 24.5 Å². The van der Waals surface area contributed by atoms with Crippen LogP contribution in [0.2, 0.25) is 0 Å². The van der Waals surface area contributed by atoms with E-state index in [1.54, 1.807) is 18.7 Å². The molecular formula is C16H23N7O. The molecule has 2 aromatic heterocycles. The summed E-state index contributed by atoms with van der Waals surface area (Å²) in [6, 6.07) is 4.04. The lowest BCUT2D eigenvalue weighted by atomic mass is 10.1. The van der Waals surface area contributed by atoms with Gasteiger partial charge in [0.15, 0.2) is 5.96 Å². The molecule has 0 aliphatic carbocycles. The second-order valence-electron chi connectivity index (χ2n) is 5.54. The van der Waals surface area contributed by atoms with Crippen LogP contribution < -0.4 is 15.4 Å². The number of guanidine groups is 1. The van der Waals surface area contributed by atoms with Gasteiger partial charge < -0.3 is 15.4 Å². The minimum absolute atomic E-state index is 0.302. The minimum Gasteiger partial charge on any atom is -0.490 e. The van der Waals surface area contributed by atoms with Gasteiger partial charge in [-0.15, -0.1) is 0 Å². The maximum Gasteiger partial charge on any atom is 0.191 e. The molecule has 128 valence electrons. The van der Waals surface area contributed by atoms with Crippen molar-refractivity contribution < 1.29 is 4.74 Å². The molecule has 8 heteroatoms. The number of aromatic nitrogens is 4. The van der Waals surface area contributed by atoms with Crippen molar-refractivity contribution in [2.75, 3.05) is 19.7 Å². The summed E-state index contributed by atoms with van der Waals surface area (Å²) in [5, 5.41) is 11.0. The van der Waals surface area contributed by atoms with Gasteiger partial charge >= 0.3 is 0 Å². The van der Waals surface area contributed by atoms with Gasteiger partial charge in [0.05, 0.1) is 19.3 Å². The largest absolute Gasteiger partial charge is 0.490 e. The first-order chi connectivity index (χ1) is 11.8. The molecule has 0 aromatic carbocycles. The highest BCUT2D eigenvalue weighted by molar-refractivity contribution is 5.80. The minimum atomic E-state index is 0.302. The molecule has 1 aliphatic rings. The van der Waals surface area contributed by atoms with Gasteiger partial charge in [0, 0.05) is 25.2 Å². The van der Waals surface area contributed by atoms with Gasteiger partial charge in [-0.25, -0.2) is 14.7 Å². The summed E-state index contributed by atoms with van der Waals surface area (Å²) in [4.78, 5) is 12.8. The molecule has 2 N–H and O–H groups in total. The monoisotopic (exact) mass is 329 g/mol. The summed E-state index contributed by atoms with van der Waals surface area (Å²) in [6.07, 6.45) is 7.00. The summed E-state index contributed by atoms with van der Waals surface area (Å²) < 4.78 is 7.57. The molecule has 0 bridgehead atoms. The number of hydrogen-bond donors (Lipinski definition) is 2. The van der Waals surface area contributed by atoms with E-state index >= 15 is 0 Å². The topological polar surface area (TPSA) is 89.2 Å². The van der Waals surface area contributed by atoms with Gasteiger partial charge in [-0.2, -0.15) is 5.10 Å². The quantitative estimate of drug-likeness (QED) is 0.459. The van der Waals surface area contributed by atoms with Gasteiger partial charge in [0.25, 0.3) is 0 Å². The Morgan fingerprint density at radius 2 is 2.46 bits per heavy atom. The van der Waals surface area contributed by atoms with E-state index in [9.17, 15) is 0 Å². The van der Waals surface area contributed by atoms with Gasteiger partial charge in [0.2, 0.25) is 0 Å². The van der Waals surface area contributed by atoms with Gasteiger partial charge in [-0.3, -0.25) is 4.98 Å². The van der Waals surface area contributed by atoms with Crippen LogP contribution in [-0.2, 0) is 13.0 Å². The third-order valence-corrected chi connectivity index (χ3v) is 3.75. The van der Waals surface area contributed by atoms with E-state index in [1.165, 1.54) is 0 Å². The summed E-state index contributed by atoms with van der Waals surface area (Å²) in [7, 11) is 0. The average Bonchev–Trinajstić information content (AvgIpc) is 3.07. The van der Waals surface area contributed by atoms with E-state index in [0.717, 1.165) is 43.5 Å². The van der Waals surface area contributed by atoms with Crippen LogP contribution in [0.4, 0.5) is 0 Å². The molecule has 1 aliphatic heterocycles. The summed E-state index contributed by atoms with van der Waals surface area (Å²) in [5.41, 5.74) is 0. The zero-order valence-corrected chi connectivity index (χ0v) is 13.9. The predicted octanol–water partition coefficient (Wildman–Crippen LogP) is 0.622. The summed E-state index contributed by atoms with van der Waals surface area (Å²) in [6.45, 7) is 4.77. The fourth-order valence-corrected chi connectivity index (χ4v) is 2.62. The summed E-state index contributed by atoms with van der Waals surface area (Å²) >= 11 is 0. The van der Waals surface area contributed by atoms with Crippen molar-refractivity contribution in [2.24, 2.45) is 4.99 Å². The second kappa shape index (κ2) is 8.28. The normalized spacial score (nSPS) is 17.2. The van der Waals surface area contributed by atoms with E-state index in [0.29, 0.717) is 19.2 Å². The molecule has 3 heterocycles. The zero-order chi connectivity index (χ0) is 16.6. The number of nitrogens with zero attached hydrogens (tertiary/aromatic N) is 5. The molecule has 8 nitrogen and oxygen atoms in total. The molecule has 0 saturated heterocycles. The Morgan fingerprint density at radius 3 is 3.29 bits per heavy atom. The van der Waals surface area contributed by atoms with E-state index in [1.807, 2.05) is 16.8 Å². The van der Waals surface area contributed by atoms with Crippen molar-refractivity contribution in [1.82, 2.24) is 30.4 Å². The van der Waals surface area contributed by atoms with Crippen molar-refractivity contribution >= 4 is 5.96 Å². The smallest absolute Gasteiger partial charge is 0.191 e. The maximum absolute atomic E-state index is 5.61. The van der Waals surface area contributed by atoms with Crippen molar-refractivity contribution in [3.05, 3.63) is 36.7 Å². The number of pyridine rings is 1. The standard InChI is InChI=1S/C16H23N7O/c1-2-18-16(19-8-9-24-14-4-3-7-17-10-14)22-13-5-6-15-20-12-21-23(15)11-13/h3-4,7,10,12-13H,2,5-6,8-9,11H2,1H3,(H2,18,19,22). The lowest BCUT2D eigenvalue weighted by Crippen LogP contribution is -2.47. The molecule has 0 saturated carbocycles. The Balaban J connectivity index is 1.49. The Morgan fingerprint density at radius 1 is 1.50 bits per heavy atom. The SMILES string of the molecule is CCNC(=NCCOc1cccnc1)NC1CCc2ncnn2C1. The third-order valence-electron chi connectivity index (χ3n) is 3.75. The predicted molar refractivity (Wildman–Crippen MR) is 91.0 cm³/mol. The highest BCUT2D eigenvalue weighted by Gasteiger charge is 2.20. The molecule has 0 fully saturated rings. The summed E-state index contributed by atoms with van der Waals surface area (Å²) in [5.74, 6) is 2.62. The van der Waals surface area contributed by atoms with Crippen molar-refractivity contribution in [3.63, 3.8) is 0 Å². The van der Waals surface area contributed by atoms with Crippen molar-refractivity contribution in [2.45, 2.75) is 32.4 Å². The molecular weight excluding hydrogens is 306 g/mol. The first-order valence-electron chi connectivity index (χ1n) is 8.29. The van der Waals surface area contributed by atoms with Crippen LogP contribution in [0.25, 0.3) is 0 Å². The van der Waals surface area contributed by atoms with Crippen LogP contribution >= 0.6 is 0 Å². The fourth-order valence-electron chi connectivity index (χ4n) is 2.62. The molecule has 3 rings (SSSR count). The van der Waals surface area contributed by atoms with Crippen LogP contribution in [0.15, 0.2) is 35.8 Å². The van der Waals surface area contributed by atoms with E-state index in [2.05, 4.69) is 37.6 Å². The fraction of sp³-hybridized carbons (Fsp3) is 0.500. The number of aryl methyl sites for hydroxylation is 1. The Hall–Kier alpha value is -2.64. The number of hydrogen-bond acceptors (Lipinski definition) is 5. The van der Waals surface area contributed by atoms with Gasteiger partial charge in [-0.05, 0) is 25.5 Å². The van der Waals surface area contributed by atoms with Crippen LogP contribution in [0.1, 0.15) is 19.2 Å². The molecule has 0 spiro atoms. The lowest BCUT2D eigenvalue weighted by molar-refractivity contribution is 0.326. The number of fused-ring (bicyclic) bond motifs is 1. The first-order valence-corrected chi connectivity index (χ1v) is 8.29. The average molecular weight is 329 g/mol.